The van der Waals surface area contributed by atoms with Crippen LogP contribution in [0.15, 0.2) is 58.3 Å². The van der Waals surface area contributed by atoms with Gasteiger partial charge in [-0.25, -0.2) is 0 Å². The average Bonchev–Trinajstić information content (AvgIpc) is 2.61. The van der Waals surface area contributed by atoms with Gasteiger partial charge in [0.2, 0.25) is 0 Å². The highest BCUT2D eigenvalue weighted by Gasteiger charge is 2.23. The Balaban J connectivity index is 0.00000208. The molecule has 2 aromatic rings. The molecular weight excluding hydrogens is 427 g/mol. The second-order valence-electron chi connectivity index (χ2n) is 6.52. The molecule has 130 valence electrons. The Labute approximate surface area is 167 Å². The van der Waals surface area contributed by atoms with Crippen molar-refractivity contribution in [2.45, 2.75) is 30.1 Å². The number of hydrogen-bond acceptors (Lipinski definition) is 2. The van der Waals surface area contributed by atoms with Gasteiger partial charge in [-0.05, 0) is 38.1 Å². The van der Waals surface area contributed by atoms with Gasteiger partial charge in [0.05, 0.1) is 38.1 Å². The minimum atomic E-state index is 0. The molecule has 0 aromatic heterocycles. The van der Waals surface area contributed by atoms with E-state index in [-0.39, 0.29) is 24.0 Å². The highest BCUT2D eigenvalue weighted by molar-refractivity contribution is 7.99. The van der Waals surface area contributed by atoms with E-state index in [2.05, 4.69) is 74.3 Å². The zero-order valence-corrected chi connectivity index (χ0v) is 17.8. The molecular formula is C20H27IN2S. The Morgan fingerprint density at radius 2 is 1.38 bits per heavy atom. The van der Waals surface area contributed by atoms with E-state index in [9.17, 15) is 0 Å². The van der Waals surface area contributed by atoms with Crippen LogP contribution in [0.5, 0.6) is 0 Å². The summed E-state index contributed by atoms with van der Waals surface area (Å²) >= 11 is 1.89. The lowest BCUT2D eigenvalue weighted by Crippen LogP contribution is -3.00. The Kier molecular flexibility index (Phi) is 7.01. The second-order valence-corrected chi connectivity index (χ2v) is 7.60. The molecule has 0 N–H and O–H groups in total. The van der Waals surface area contributed by atoms with E-state index in [4.69, 9.17) is 0 Å². The second kappa shape index (κ2) is 8.59. The van der Waals surface area contributed by atoms with E-state index >= 15 is 0 Å². The van der Waals surface area contributed by atoms with Crippen LogP contribution in [-0.2, 0) is 0 Å². The summed E-state index contributed by atoms with van der Waals surface area (Å²) in [5, 5.41) is 0. The molecule has 0 atom stereocenters. The van der Waals surface area contributed by atoms with Crippen LogP contribution < -0.4 is 28.9 Å². The predicted octanol–water partition coefficient (Wildman–Crippen LogP) is 2.17. The normalized spacial score (nSPS) is 13.0. The fraction of sp³-hybridized carbons (Fsp3) is 0.400. The van der Waals surface area contributed by atoms with E-state index in [1.54, 1.807) is 0 Å². The summed E-state index contributed by atoms with van der Waals surface area (Å²) in [4.78, 5) is 5.25. The molecule has 1 aliphatic heterocycles. The average molecular weight is 454 g/mol. The lowest BCUT2D eigenvalue weighted by atomic mass is 10.2. The van der Waals surface area contributed by atoms with E-state index in [0.717, 1.165) is 11.0 Å². The number of halogens is 1. The third kappa shape index (κ3) is 4.09. The molecule has 2 aromatic carbocycles. The zero-order valence-electron chi connectivity index (χ0n) is 14.8. The number of benzene rings is 2. The van der Waals surface area contributed by atoms with E-state index in [0.29, 0.717) is 0 Å². The highest BCUT2D eigenvalue weighted by atomic mass is 127. The molecule has 0 spiro atoms. The minimum absolute atomic E-state index is 0. The van der Waals surface area contributed by atoms with Crippen LogP contribution in [-0.4, -0.2) is 37.7 Å². The quantitative estimate of drug-likeness (QED) is 0.487. The van der Waals surface area contributed by atoms with Gasteiger partial charge in [0, 0.05) is 22.8 Å². The smallest absolute Gasteiger partial charge is 0.0801 e. The Morgan fingerprint density at radius 3 is 1.88 bits per heavy atom. The minimum Gasteiger partial charge on any atom is -1.00 e. The molecule has 24 heavy (non-hydrogen) atoms. The van der Waals surface area contributed by atoms with Gasteiger partial charge in [0.15, 0.2) is 0 Å². The van der Waals surface area contributed by atoms with Gasteiger partial charge in [0.1, 0.15) is 0 Å². The highest BCUT2D eigenvalue weighted by Crippen LogP contribution is 2.47. The van der Waals surface area contributed by atoms with Gasteiger partial charge in [-0.15, -0.1) is 0 Å². The maximum Gasteiger partial charge on any atom is 0.0801 e. The molecule has 0 saturated carbocycles. The SMILES string of the molecule is CC[N+](C)(CC)CCCN1c2ccccc2Sc2ccccc21.[I-]. The van der Waals surface area contributed by atoms with Crippen LogP contribution in [0.25, 0.3) is 0 Å². The summed E-state index contributed by atoms with van der Waals surface area (Å²) in [7, 11) is 2.37. The molecule has 1 aliphatic rings. The van der Waals surface area contributed by atoms with Gasteiger partial charge < -0.3 is 33.4 Å². The summed E-state index contributed by atoms with van der Waals surface area (Å²) in [6.07, 6.45) is 1.21. The van der Waals surface area contributed by atoms with Crippen molar-refractivity contribution in [3.63, 3.8) is 0 Å². The van der Waals surface area contributed by atoms with Gasteiger partial charge in [-0.1, -0.05) is 36.0 Å². The first kappa shape index (κ1) is 19.6. The number of rotatable bonds is 6. The van der Waals surface area contributed by atoms with Gasteiger partial charge in [-0.2, -0.15) is 0 Å². The van der Waals surface area contributed by atoms with Crippen LogP contribution >= 0.6 is 11.8 Å². The van der Waals surface area contributed by atoms with Crippen LogP contribution in [0, 0.1) is 0 Å². The molecule has 0 radical (unpaired) electrons. The number of hydrogen-bond donors (Lipinski definition) is 0. The molecule has 0 unspecified atom stereocenters. The number of para-hydroxylation sites is 2. The van der Waals surface area contributed by atoms with Crippen LogP contribution in [0.2, 0.25) is 0 Å². The van der Waals surface area contributed by atoms with Crippen molar-refractivity contribution in [1.82, 2.24) is 0 Å². The van der Waals surface area contributed by atoms with Crippen molar-refractivity contribution in [3.8, 4) is 0 Å². The molecule has 0 aliphatic carbocycles. The van der Waals surface area contributed by atoms with E-state index in [1.807, 2.05) is 11.8 Å². The maximum absolute atomic E-state index is 2.51. The largest absolute Gasteiger partial charge is 1.00 e. The third-order valence-corrected chi connectivity index (χ3v) is 6.27. The van der Waals surface area contributed by atoms with E-state index < -0.39 is 0 Å². The lowest BCUT2D eigenvalue weighted by Gasteiger charge is -2.35. The number of fused-ring (bicyclic) bond motifs is 2. The van der Waals surface area contributed by atoms with Crippen molar-refractivity contribution >= 4 is 23.1 Å². The van der Waals surface area contributed by atoms with Crippen molar-refractivity contribution in [3.05, 3.63) is 48.5 Å². The van der Waals surface area contributed by atoms with Crippen LogP contribution in [0.4, 0.5) is 11.4 Å². The Hall–Kier alpha value is -0.720. The first-order chi connectivity index (χ1) is 11.2. The van der Waals surface area contributed by atoms with Crippen molar-refractivity contribution in [2.75, 3.05) is 38.1 Å². The number of quaternary nitrogens is 1. The van der Waals surface area contributed by atoms with Gasteiger partial charge in [-0.3, -0.25) is 0 Å². The van der Waals surface area contributed by atoms with Crippen molar-refractivity contribution in [2.24, 2.45) is 0 Å². The molecule has 0 fully saturated rings. The first-order valence-electron chi connectivity index (χ1n) is 8.64. The first-order valence-corrected chi connectivity index (χ1v) is 9.45. The molecule has 0 bridgehead atoms. The molecule has 4 heteroatoms. The van der Waals surface area contributed by atoms with Gasteiger partial charge in [0.25, 0.3) is 0 Å². The predicted molar refractivity (Wildman–Crippen MR) is 101 cm³/mol. The summed E-state index contributed by atoms with van der Waals surface area (Å²) < 4.78 is 1.16. The van der Waals surface area contributed by atoms with E-state index in [1.165, 1.54) is 47.2 Å². The third-order valence-electron chi connectivity index (χ3n) is 5.14. The van der Waals surface area contributed by atoms with Crippen molar-refractivity contribution < 1.29 is 28.5 Å². The van der Waals surface area contributed by atoms with Crippen molar-refractivity contribution in [1.29, 1.82) is 0 Å². The Morgan fingerprint density at radius 1 is 0.875 bits per heavy atom. The fourth-order valence-corrected chi connectivity index (χ4v) is 4.27. The molecule has 0 saturated heterocycles. The zero-order chi connectivity index (χ0) is 16.3. The molecule has 2 nitrogen and oxygen atoms in total. The molecule has 0 amide bonds. The lowest BCUT2D eigenvalue weighted by molar-refractivity contribution is -0.906. The monoisotopic (exact) mass is 454 g/mol. The number of nitrogens with zero attached hydrogens (tertiary/aromatic N) is 2. The molecule has 1 heterocycles. The van der Waals surface area contributed by atoms with Crippen LogP contribution in [0.1, 0.15) is 20.3 Å². The molecule has 3 rings (SSSR count). The van der Waals surface area contributed by atoms with Crippen LogP contribution in [0.3, 0.4) is 0 Å². The fourth-order valence-electron chi connectivity index (χ4n) is 3.17. The summed E-state index contributed by atoms with van der Waals surface area (Å²) in [5.41, 5.74) is 2.72. The summed E-state index contributed by atoms with van der Waals surface area (Å²) in [5.74, 6) is 0. The van der Waals surface area contributed by atoms with Gasteiger partial charge >= 0.3 is 0 Å². The number of anilines is 2. The summed E-state index contributed by atoms with van der Waals surface area (Å²) in [6.45, 7) is 9.33. The summed E-state index contributed by atoms with van der Waals surface area (Å²) in [6, 6.07) is 17.6. The topological polar surface area (TPSA) is 3.24 Å². The maximum atomic E-state index is 2.51. The standard InChI is InChI=1S/C20H27N2S.HI/c1-4-22(3,5-2)16-10-15-21-17-11-6-8-13-19(17)23-20-14-9-7-12-18(20)21;/h6-9,11-14H,4-5,10,15-16H2,1-3H3;1H/q+1;/p-1. The Bertz CT molecular complexity index is 625.